The first kappa shape index (κ1) is 9.37. The highest BCUT2D eigenvalue weighted by Gasteiger charge is 2.03. The lowest BCUT2D eigenvalue weighted by Crippen LogP contribution is -2.34. The van der Waals surface area contributed by atoms with Gasteiger partial charge in [0.2, 0.25) is 0 Å². The van der Waals surface area contributed by atoms with Crippen LogP contribution in [0.3, 0.4) is 0 Å². The molecule has 10 heavy (non-hydrogen) atoms. The van der Waals surface area contributed by atoms with Crippen molar-refractivity contribution < 1.29 is 5.11 Å². The molecule has 0 amide bonds. The van der Waals surface area contributed by atoms with E-state index in [1.807, 2.05) is 6.07 Å². The zero-order valence-electron chi connectivity index (χ0n) is 6.12. The average Bonchev–Trinajstić information content (AvgIpc) is 1.88. The highest BCUT2D eigenvalue weighted by molar-refractivity contribution is 4.75. The largest absolute Gasteiger partial charge is 0.390 e. The van der Waals surface area contributed by atoms with Crippen LogP contribution in [-0.2, 0) is 0 Å². The van der Waals surface area contributed by atoms with Crippen LogP contribution in [0.5, 0.6) is 0 Å². The summed E-state index contributed by atoms with van der Waals surface area (Å²) in [5, 5.41) is 17.2. The maximum absolute atomic E-state index is 8.98. The minimum atomic E-state index is -0.515. The van der Waals surface area contributed by atoms with E-state index in [0.29, 0.717) is 13.1 Å². The molecule has 0 aromatic carbocycles. The second-order valence-electron chi connectivity index (χ2n) is 2.24. The molecule has 0 aliphatic carbocycles. The lowest BCUT2D eigenvalue weighted by Gasteiger charge is -2.15. The van der Waals surface area contributed by atoms with Gasteiger partial charge in [0, 0.05) is 13.1 Å². The van der Waals surface area contributed by atoms with E-state index in [-0.39, 0.29) is 6.54 Å². The van der Waals surface area contributed by atoms with Gasteiger partial charge in [-0.1, -0.05) is 0 Å². The summed E-state index contributed by atoms with van der Waals surface area (Å²) in [5.41, 5.74) is 5.16. The fourth-order valence-corrected chi connectivity index (χ4v) is 0.620. The maximum atomic E-state index is 8.98. The Bertz CT molecular complexity index is 121. The van der Waals surface area contributed by atoms with Gasteiger partial charge >= 0.3 is 0 Å². The Labute approximate surface area is 60.9 Å². The Morgan fingerprint density at radius 2 is 2.40 bits per heavy atom. The summed E-state index contributed by atoms with van der Waals surface area (Å²) in [6.45, 7) is 1.04. The Hall–Kier alpha value is -0.630. The molecule has 0 fully saturated rings. The van der Waals surface area contributed by atoms with Gasteiger partial charge in [0.25, 0.3) is 0 Å². The van der Waals surface area contributed by atoms with Crippen molar-refractivity contribution in [3.8, 4) is 6.07 Å². The third-order valence-corrected chi connectivity index (χ3v) is 1.14. The van der Waals surface area contributed by atoms with E-state index in [1.54, 1.807) is 11.9 Å². The van der Waals surface area contributed by atoms with Gasteiger partial charge in [0.05, 0.1) is 18.7 Å². The number of nitriles is 1. The van der Waals surface area contributed by atoms with Crippen LogP contribution in [0.25, 0.3) is 0 Å². The van der Waals surface area contributed by atoms with Crippen LogP contribution in [0.1, 0.15) is 0 Å². The number of hydrogen-bond donors (Lipinski definition) is 2. The van der Waals surface area contributed by atoms with Crippen molar-refractivity contribution in [1.82, 2.24) is 4.90 Å². The van der Waals surface area contributed by atoms with E-state index < -0.39 is 6.10 Å². The Balaban J connectivity index is 3.38. The van der Waals surface area contributed by atoms with Gasteiger partial charge in [-0.2, -0.15) is 5.26 Å². The minimum absolute atomic E-state index is 0.246. The first-order chi connectivity index (χ1) is 4.70. The molecule has 1 atom stereocenters. The number of nitrogens with zero attached hydrogens (tertiary/aromatic N) is 2. The molecule has 1 unspecified atom stereocenters. The predicted octanol–water partition coefficient (Wildman–Crippen LogP) is -1.24. The van der Waals surface area contributed by atoms with Gasteiger partial charge < -0.3 is 10.8 Å². The van der Waals surface area contributed by atoms with Crippen molar-refractivity contribution in [2.24, 2.45) is 5.73 Å². The van der Waals surface area contributed by atoms with Crippen molar-refractivity contribution in [3.05, 3.63) is 0 Å². The van der Waals surface area contributed by atoms with Crippen LogP contribution in [0.4, 0.5) is 0 Å². The Morgan fingerprint density at radius 3 is 2.80 bits per heavy atom. The maximum Gasteiger partial charge on any atom is 0.0864 e. The van der Waals surface area contributed by atoms with E-state index in [0.717, 1.165) is 0 Å². The zero-order valence-corrected chi connectivity index (χ0v) is 6.12. The van der Waals surface area contributed by atoms with Crippen molar-refractivity contribution in [2.45, 2.75) is 6.10 Å². The third kappa shape index (κ3) is 4.27. The van der Waals surface area contributed by atoms with Gasteiger partial charge in [-0.25, -0.2) is 0 Å². The van der Waals surface area contributed by atoms with E-state index in [1.165, 1.54) is 0 Å². The van der Waals surface area contributed by atoms with Gasteiger partial charge in [0.1, 0.15) is 0 Å². The van der Waals surface area contributed by atoms with Crippen LogP contribution in [-0.4, -0.2) is 42.8 Å². The van der Waals surface area contributed by atoms with Crippen LogP contribution in [0.15, 0.2) is 0 Å². The molecule has 0 aliphatic rings. The minimum Gasteiger partial charge on any atom is -0.390 e. The number of nitrogens with two attached hydrogens (primary N) is 1. The predicted molar refractivity (Wildman–Crippen MR) is 38.2 cm³/mol. The van der Waals surface area contributed by atoms with Crippen LogP contribution >= 0.6 is 0 Å². The first-order valence-corrected chi connectivity index (χ1v) is 3.14. The van der Waals surface area contributed by atoms with E-state index >= 15 is 0 Å². The highest BCUT2D eigenvalue weighted by Crippen LogP contribution is 1.84. The molecule has 0 radical (unpaired) electrons. The molecule has 4 nitrogen and oxygen atoms in total. The molecule has 0 rings (SSSR count). The summed E-state index contributed by atoms with van der Waals surface area (Å²) in [4.78, 5) is 1.72. The van der Waals surface area contributed by atoms with Crippen LogP contribution < -0.4 is 5.73 Å². The fourth-order valence-electron chi connectivity index (χ4n) is 0.620. The molecule has 0 heterocycles. The Kier molecular flexibility index (Phi) is 4.85. The van der Waals surface area contributed by atoms with Crippen molar-refractivity contribution in [2.75, 3.05) is 26.7 Å². The molecular formula is C6H13N3O. The van der Waals surface area contributed by atoms with E-state index in [9.17, 15) is 0 Å². The summed E-state index contributed by atoms with van der Waals surface area (Å²) in [6.07, 6.45) is -0.515. The molecule has 0 spiro atoms. The lowest BCUT2D eigenvalue weighted by molar-refractivity contribution is 0.138. The molecule has 58 valence electrons. The molecule has 0 bridgehead atoms. The molecule has 0 saturated heterocycles. The highest BCUT2D eigenvalue weighted by atomic mass is 16.3. The summed E-state index contributed by atoms with van der Waals surface area (Å²) < 4.78 is 0. The van der Waals surface area contributed by atoms with Gasteiger partial charge in [-0.15, -0.1) is 0 Å². The standard InChI is InChI=1S/C6H13N3O/c1-9(3-2-7)5-6(10)4-8/h6,10H,3-5,8H2,1H3. The fraction of sp³-hybridized carbons (Fsp3) is 0.833. The molecule has 4 heteroatoms. The summed E-state index contributed by atoms with van der Waals surface area (Å²) in [7, 11) is 1.77. The second kappa shape index (κ2) is 5.18. The molecule has 0 saturated carbocycles. The number of rotatable bonds is 4. The lowest BCUT2D eigenvalue weighted by atomic mass is 10.3. The quantitative estimate of drug-likeness (QED) is 0.483. The molecule has 0 aromatic rings. The molecule has 3 N–H and O–H groups in total. The first-order valence-electron chi connectivity index (χ1n) is 3.14. The number of aliphatic hydroxyl groups excluding tert-OH is 1. The van der Waals surface area contributed by atoms with Gasteiger partial charge in [0.15, 0.2) is 0 Å². The van der Waals surface area contributed by atoms with Crippen molar-refractivity contribution in [1.29, 1.82) is 5.26 Å². The monoisotopic (exact) mass is 143 g/mol. The molecular weight excluding hydrogens is 130 g/mol. The Morgan fingerprint density at radius 1 is 1.80 bits per heavy atom. The van der Waals surface area contributed by atoms with E-state index in [4.69, 9.17) is 16.1 Å². The molecule has 0 aliphatic heterocycles. The third-order valence-electron chi connectivity index (χ3n) is 1.14. The summed E-state index contributed by atoms with van der Waals surface area (Å²) in [6, 6.07) is 1.97. The van der Waals surface area contributed by atoms with Crippen molar-refractivity contribution >= 4 is 0 Å². The van der Waals surface area contributed by atoms with E-state index in [2.05, 4.69) is 0 Å². The number of likely N-dealkylation sites (N-methyl/N-ethyl adjacent to an activating group) is 1. The topological polar surface area (TPSA) is 73.3 Å². The second-order valence-corrected chi connectivity index (χ2v) is 2.24. The zero-order chi connectivity index (χ0) is 7.98. The van der Waals surface area contributed by atoms with Crippen molar-refractivity contribution in [3.63, 3.8) is 0 Å². The SMILES string of the molecule is CN(CC#N)CC(O)CN. The molecule has 0 aromatic heterocycles. The normalized spacial score (nSPS) is 13.1. The van der Waals surface area contributed by atoms with Gasteiger partial charge in [-0.05, 0) is 7.05 Å². The van der Waals surface area contributed by atoms with Gasteiger partial charge in [-0.3, -0.25) is 4.90 Å². The number of aliphatic hydroxyl groups is 1. The van der Waals surface area contributed by atoms with Crippen LogP contribution in [0, 0.1) is 11.3 Å². The summed E-state index contributed by atoms with van der Waals surface area (Å²) >= 11 is 0. The smallest absolute Gasteiger partial charge is 0.0864 e. The average molecular weight is 143 g/mol. The number of hydrogen-bond acceptors (Lipinski definition) is 4. The summed E-state index contributed by atoms with van der Waals surface area (Å²) in [5.74, 6) is 0. The van der Waals surface area contributed by atoms with Crippen LogP contribution in [0.2, 0.25) is 0 Å².